The Morgan fingerprint density at radius 3 is 2.50 bits per heavy atom. The normalized spacial score (nSPS) is 11.7. The summed E-state index contributed by atoms with van der Waals surface area (Å²) >= 11 is 0. The van der Waals surface area contributed by atoms with Crippen molar-refractivity contribution in [1.82, 2.24) is 9.78 Å². The van der Waals surface area contributed by atoms with Gasteiger partial charge in [0.25, 0.3) is 0 Å². The van der Waals surface area contributed by atoms with Gasteiger partial charge in [-0.2, -0.15) is 5.10 Å². The van der Waals surface area contributed by atoms with Crippen LogP contribution in [0.25, 0.3) is 0 Å². The molecule has 0 aromatic carbocycles. The lowest BCUT2D eigenvalue weighted by Gasteiger charge is -2.29. The van der Waals surface area contributed by atoms with Gasteiger partial charge in [-0.1, -0.05) is 13.8 Å². The van der Waals surface area contributed by atoms with E-state index in [0.717, 1.165) is 25.2 Å². The number of nitrogens with zero attached hydrogens (tertiary/aromatic N) is 2. The summed E-state index contributed by atoms with van der Waals surface area (Å²) in [5, 5.41) is 7.80. The zero-order valence-corrected chi connectivity index (χ0v) is 9.67. The molecule has 0 fully saturated rings. The lowest BCUT2D eigenvalue weighted by atomic mass is 9.96. The highest BCUT2D eigenvalue weighted by molar-refractivity contribution is 5.37. The van der Waals surface area contributed by atoms with Crippen LogP contribution in [0.5, 0.6) is 0 Å². The van der Waals surface area contributed by atoms with Gasteiger partial charge in [0.15, 0.2) is 0 Å². The number of rotatable bonds is 5. The summed E-state index contributed by atoms with van der Waals surface area (Å²) in [5.41, 5.74) is 0.187. The Kier molecular flexibility index (Phi) is 3.55. The molecule has 0 saturated heterocycles. The number of anilines is 1. The van der Waals surface area contributed by atoms with Crippen LogP contribution >= 0.6 is 0 Å². The predicted molar refractivity (Wildman–Crippen MR) is 60.5 cm³/mol. The molecule has 3 nitrogen and oxygen atoms in total. The molecule has 0 aliphatic rings. The van der Waals surface area contributed by atoms with Crippen LogP contribution < -0.4 is 5.32 Å². The van der Waals surface area contributed by atoms with E-state index in [-0.39, 0.29) is 5.54 Å². The van der Waals surface area contributed by atoms with E-state index >= 15 is 0 Å². The minimum absolute atomic E-state index is 0.187. The molecule has 0 atom stereocenters. The lowest BCUT2D eigenvalue weighted by Crippen LogP contribution is -2.34. The van der Waals surface area contributed by atoms with Crippen molar-refractivity contribution in [3.63, 3.8) is 0 Å². The molecule has 0 aliphatic carbocycles. The Bertz CT molecular complexity index is 274. The van der Waals surface area contributed by atoms with Gasteiger partial charge < -0.3 is 5.32 Å². The van der Waals surface area contributed by atoms with Crippen molar-refractivity contribution in [3.8, 4) is 0 Å². The largest absolute Gasteiger partial charge is 0.365 e. The molecule has 0 spiro atoms. The third kappa shape index (κ3) is 2.28. The lowest BCUT2D eigenvalue weighted by molar-refractivity contribution is 0.470. The Labute approximate surface area is 86.5 Å². The fourth-order valence-electron chi connectivity index (χ4n) is 1.43. The second kappa shape index (κ2) is 4.49. The highest BCUT2D eigenvalue weighted by Gasteiger charge is 2.20. The number of nitrogens with one attached hydrogen (secondary N) is 1. The number of aryl methyl sites for hydroxylation is 1. The minimum Gasteiger partial charge on any atom is -0.365 e. The topological polar surface area (TPSA) is 29.9 Å². The molecule has 1 N–H and O–H groups in total. The predicted octanol–water partition coefficient (Wildman–Crippen LogP) is 2.89. The Hall–Kier alpha value is -0.990. The molecule has 1 aromatic rings. The van der Waals surface area contributed by atoms with E-state index in [0.29, 0.717) is 0 Å². The fraction of sp³-hybridized carbons (Fsp3) is 0.727. The summed E-state index contributed by atoms with van der Waals surface area (Å²) in [6, 6.07) is 2.03. The highest BCUT2D eigenvalue weighted by Crippen LogP contribution is 2.21. The van der Waals surface area contributed by atoms with E-state index in [2.05, 4.69) is 38.1 Å². The zero-order valence-electron chi connectivity index (χ0n) is 9.67. The van der Waals surface area contributed by atoms with Crippen LogP contribution in [0.2, 0.25) is 0 Å². The molecule has 14 heavy (non-hydrogen) atoms. The minimum atomic E-state index is 0.187. The Morgan fingerprint density at radius 1 is 1.36 bits per heavy atom. The van der Waals surface area contributed by atoms with Gasteiger partial charge in [0.1, 0.15) is 5.82 Å². The average molecular weight is 195 g/mol. The summed E-state index contributed by atoms with van der Waals surface area (Å²) in [6.07, 6.45) is 4.09. The van der Waals surface area contributed by atoms with Crippen LogP contribution in [0.1, 0.15) is 40.5 Å². The van der Waals surface area contributed by atoms with Gasteiger partial charge in [-0.25, -0.2) is 0 Å². The quantitative estimate of drug-likeness (QED) is 0.783. The summed E-state index contributed by atoms with van der Waals surface area (Å²) < 4.78 is 1.99. The summed E-state index contributed by atoms with van der Waals surface area (Å²) in [7, 11) is 0. The van der Waals surface area contributed by atoms with E-state index in [4.69, 9.17) is 0 Å². The molecule has 3 heteroatoms. The highest BCUT2D eigenvalue weighted by atomic mass is 15.3. The summed E-state index contributed by atoms with van der Waals surface area (Å²) in [6.45, 7) is 9.69. The van der Waals surface area contributed by atoms with Gasteiger partial charge in [0, 0.05) is 18.2 Å². The molecule has 0 bridgehead atoms. The van der Waals surface area contributed by atoms with Gasteiger partial charge in [-0.15, -0.1) is 0 Å². The molecule has 0 unspecified atom stereocenters. The van der Waals surface area contributed by atoms with Crippen LogP contribution in [0.4, 0.5) is 5.82 Å². The van der Waals surface area contributed by atoms with E-state index in [9.17, 15) is 0 Å². The van der Waals surface area contributed by atoms with E-state index in [1.165, 1.54) is 0 Å². The first-order valence-electron chi connectivity index (χ1n) is 5.45. The van der Waals surface area contributed by atoms with E-state index < -0.39 is 0 Å². The Morgan fingerprint density at radius 2 is 2.00 bits per heavy atom. The van der Waals surface area contributed by atoms with Crippen molar-refractivity contribution in [2.45, 2.75) is 52.6 Å². The molecule has 1 heterocycles. The standard InChI is InChI=1S/C11H21N3/c1-5-11(4,6-2)13-10-8-9-12-14(10)7-3/h8-9,13H,5-7H2,1-4H3. The molecule has 0 aliphatic heterocycles. The zero-order chi connectivity index (χ0) is 10.6. The average Bonchev–Trinajstić information content (AvgIpc) is 2.65. The van der Waals surface area contributed by atoms with Crippen molar-refractivity contribution in [3.05, 3.63) is 12.3 Å². The van der Waals surface area contributed by atoms with Crippen LogP contribution in [0.15, 0.2) is 12.3 Å². The molecule has 80 valence electrons. The second-order valence-corrected chi connectivity index (χ2v) is 3.92. The van der Waals surface area contributed by atoms with Crippen molar-refractivity contribution in [2.24, 2.45) is 0 Å². The maximum absolute atomic E-state index is 4.24. The van der Waals surface area contributed by atoms with Crippen molar-refractivity contribution < 1.29 is 0 Å². The molecular formula is C11H21N3. The third-order valence-electron chi connectivity index (χ3n) is 3.01. The number of hydrogen-bond acceptors (Lipinski definition) is 2. The molecule has 1 rings (SSSR count). The molecule has 0 amide bonds. The van der Waals surface area contributed by atoms with Gasteiger partial charge in [0.2, 0.25) is 0 Å². The van der Waals surface area contributed by atoms with Gasteiger partial charge >= 0.3 is 0 Å². The first-order chi connectivity index (χ1) is 6.65. The smallest absolute Gasteiger partial charge is 0.124 e. The van der Waals surface area contributed by atoms with Crippen LogP contribution in [-0.2, 0) is 6.54 Å². The van der Waals surface area contributed by atoms with Gasteiger partial charge in [0.05, 0.1) is 6.20 Å². The van der Waals surface area contributed by atoms with E-state index in [1.807, 2.05) is 16.9 Å². The van der Waals surface area contributed by atoms with Gasteiger partial charge in [-0.3, -0.25) is 4.68 Å². The van der Waals surface area contributed by atoms with Crippen molar-refractivity contribution in [2.75, 3.05) is 5.32 Å². The first-order valence-corrected chi connectivity index (χ1v) is 5.45. The number of aromatic nitrogens is 2. The van der Waals surface area contributed by atoms with Crippen LogP contribution in [0, 0.1) is 0 Å². The van der Waals surface area contributed by atoms with Crippen LogP contribution in [0.3, 0.4) is 0 Å². The number of hydrogen-bond donors (Lipinski definition) is 1. The molecule has 0 radical (unpaired) electrons. The summed E-state index contributed by atoms with van der Waals surface area (Å²) in [5.74, 6) is 1.12. The summed E-state index contributed by atoms with van der Waals surface area (Å²) in [4.78, 5) is 0. The maximum atomic E-state index is 4.24. The van der Waals surface area contributed by atoms with Crippen LogP contribution in [-0.4, -0.2) is 15.3 Å². The molecule has 1 aromatic heterocycles. The third-order valence-corrected chi connectivity index (χ3v) is 3.01. The van der Waals surface area contributed by atoms with Crippen molar-refractivity contribution >= 4 is 5.82 Å². The molecular weight excluding hydrogens is 174 g/mol. The van der Waals surface area contributed by atoms with E-state index in [1.54, 1.807) is 0 Å². The SMILES string of the molecule is CCn1nccc1NC(C)(CC)CC. The van der Waals surface area contributed by atoms with Gasteiger partial charge in [-0.05, 0) is 26.7 Å². The van der Waals surface area contributed by atoms with Crippen molar-refractivity contribution in [1.29, 1.82) is 0 Å². The second-order valence-electron chi connectivity index (χ2n) is 3.92. The maximum Gasteiger partial charge on any atom is 0.124 e. The molecule has 0 saturated carbocycles. The monoisotopic (exact) mass is 195 g/mol. The Balaban J connectivity index is 2.76. The first kappa shape index (κ1) is 11.1. The fourth-order valence-corrected chi connectivity index (χ4v) is 1.43.